The summed E-state index contributed by atoms with van der Waals surface area (Å²) in [5.74, 6) is 0.600. The van der Waals surface area contributed by atoms with Crippen LogP contribution < -0.4 is 4.90 Å². The highest BCUT2D eigenvalue weighted by atomic mass is 35.5. The molecule has 2 heterocycles. The van der Waals surface area contributed by atoms with Gasteiger partial charge in [0.25, 0.3) is 0 Å². The van der Waals surface area contributed by atoms with Crippen molar-refractivity contribution in [2.45, 2.75) is 18.9 Å². The van der Waals surface area contributed by atoms with Gasteiger partial charge in [-0.05, 0) is 17.7 Å². The van der Waals surface area contributed by atoms with Crippen molar-refractivity contribution in [2.24, 2.45) is 0 Å². The van der Waals surface area contributed by atoms with Gasteiger partial charge in [-0.15, -0.1) is 0 Å². The third-order valence-electron chi connectivity index (χ3n) is 4.96. The molecule has 132 valence electrons. The normalized spacial score (nSPS) is 24.2. The van der Waals surface area contributed by atoms with Gasteiger partial charge in [0, 0.05) is 16.5 Å². The van der Waals surface area contributed by atoms with E-state index in [-0.39, 0.29) is 24.1 Å². The number of carbonyl (C=O) groups excluding carboxylic acids is 1. The van der Waals surface area contributed by atoms with Crippen LogP contribution in [0.25, 0.3) is 0 Å². The first-order valence-corrected chi connectivity index (χ1v) is 10.7. The summed E-state index contributed by atoms with van der Waals surface area (Å²) in [5.41, 5.74) is 0.669. The van der Waals surface area contributed by atoms with Crippen molar-refractivity contribution < 1.29 is 18.1 Å². The maximum absolute atomic E-state index is 12.5. The summed E-state index contributed by atoms with van der Waals surface area (Å²) in [6, 6.07) is 5.42. The second kappa shape index (κ2) is 7.20. The summed E-state index contributed by atoms with van der Waals surface area (Å²) in [4.78, 5) is 15.6. The Morgan fingerprint density at radius 2 is 1.83 bits per heavy atom. The molecule has 5 nitrogen and oxygen atoms in total. The number of piperazine rings is 1. The standard InChI is InChI=1S/C16H20Cl2N2O3S/c17-14-2-1-3-15(18)13(14)10-16(21)20-7-5-19(6-8-20)12-4-9-24(22,23)11-12/h1-3,12H,4-11H2/p+1/t12-/m0/s1. The number of benzene rings is 1. The van der Waals surface area contributed by atoms with Gasteiger partial charge in [0.05, 0.1) is 38.4 Å². The Hall–Kier alpha value is -0.820. The third-order valence-corrected chi connectivity index (χ3v) is 7.43. The van der Waals surface area contributed by atoms with Gasteiger partial charge in [-0.25, -0.2) is 8.42 Å². The summed E-state index contributed by atoms with van der Waals surface area (Å²) < 4.78 is 23.2. The molecule has 1 aromatic carbocycles. The van der Waals surface area contributed by atoms with Gasteiger partial charge in [-0.2, -0.15) is 0 Å². The molecule has 8 heteroatoms. The first kappa shape index (κ1) is 18.0. The van der Waals surface area contributed by atoms with Gasteiger partial charge in [-0.3, -0.25) is 4.79 Å². The van der Waals surface area contributed by atoms with E-state index in [1.165, 1.54) is 4.90 Å². The number of amides is 1. The molecular formula is C16H21Cl2N2O3S+. The molecule has 0 unspecified atom stereocenters. The minimum atomic E-state index is -2.86. The fourth-order valence-electron chi connectivity index (χ4n) is 3.53. The summed E-state index contributed by atoms with van der Waals surface area (Å²) in [6.07, 6.45) is 0.937. The van der Waals surface area contributed by atoms with Crippen LogP contribution in [-0.2, 0) is 21.1 Å². The smallest absolute Gasteiger partial charge is 0.227 e. The van der Waals surface area contributed by atoms with Crippen molar-refractivity contribution in [3.8, 4) is 0 Å². The monoisotopic (exact) mass is 391 g/mol. The largest absolute Gasteiger partial charge is 0.331 e. The van der Waals surface area contributed by atoms with E-state index in [0.29, 0.717) is 34.5 Å². The van der Waals surface area contributed by atoms with E-state index in [9.17, 15) is 13.2 Å². The summed E-state index contributed by atoms with van der Waals surface area (Å²) in [7, 11) is -2.86. The average molecular weight is 392 g/mol. The van der Waals surface area contributed by atoms with Crippen LogP contribution in [0, 0.1) is 0 Å². The van der Waals surface area contributed by atoms with Crippen molar-refractivity contribution in [2.75, 3.05) is 37.7 Å². The van der Waals surface area contributed by atoms with Gasteiger partial charge in [-0.1, -0.05) is 29.3 Å². The van der Waals surface area contributed by atoms with Crippen LogP contribution in [0.3, 0.4) is 0 Å². The fourth-order valence-corrected chi connectivity index (χ4v) is 5.89. The predicted octanol–water partition coefficient (Wildman–Crippen LogP) is 0.450. The lowest BCUT2D eigenvalue weighted by atomic mass is 10.1. The molecule has 2 aliphatic rings. The van der Waals surface area contributed by atoms with Gasteiger partial charge in [0.15, 0.2) is 9.84 Å². The first-order chi connectivity index (χ1) is 11.4. The molecular weight excluding hydrogens is 371 g/mol. The molecule has 0 bridgehead atoms. The zero-order valence-electron chi connectivity index (χ0n) is 13.3. The Balaban J connectivity index is 1.56. The highest BCUT2D eigenvalue weighted by Crippen LogP contribution is 2.25. The Morgan fingerprint density at radius 1 is 1.21 bits per heavy atom. The lowest BCUT2D eigenvalue weighted by Crippen LogP contribution is -3.18. The number of quaternary nitrogens is 1. The summed E-state index contributed by atoms with van der Waals surface area (Å²) in [6.45, 7) is 2.88. The number of nitrogens with zero attached hydrogens (tertiary/aromatic N) is 1. The molecule has 0 aromatic heterocycles. The molecule has 2 aliphatic heterocycles. The molecule has 0 saturated carbocycles. The topological polar surface area (TPSA) is 58.9 Å². The van der Waals surface area contributed by atoms with Crippen LogP contribution in [0.2, 0.25) is 10.0 Å². The molecule has 0 radical (unpaired) electrons. The second-order valence-electron chi connectivity index (χ2n) is 6.52. The Kier molecular flexibility index (Phi) is 5.39. The van der Waals surface area contributed by atoms with Crippen molar-refractivity contribution in [1.29, 1.82) is 0 Å². The number of rotatable bonds is 3. The third kappa shape index (κ3) is 4.04. The number of hydrogen-bond acceptors (Lipinski definition) is 3. The zero-order valence-corrected chi connectivity index (χ0v) is 15.6. The first-order valence-electron chi connectivity index (χ1n) is 8.11. The number of hydrogen-bond donors (Lipinski definition) is 1. The van der Waals surface area contributed by atoms with E-state index in [2.05, 4.69) is 0 Å². The highest BCUT2D eigenvalue weighted by Gasteiger charge is 2.37. The maximum Gasteiger partial charge on any atom is 0.227 e. The highest BCUT2D eigenvalue weighted by molar-refractivity contribution is 7.91. The minimum Gasteiger partial charge on any atom is -0.331 e. The van der Waals surface area contributed by atoms with Gasteiger partial charge in [0.2, 0.25) is 5.91 Å². The molecule has 0 spiro atoms. The number of nitrogens with one attached hydrogen (secondary N) is 1. The van der Waals surface area contributed by atoms with E-state index in [1.807, 2.05) is 4.90 Å². The van der Waals surface area contributed by atoms with E-state index < -0.39 is 9.84 Å². The summed E-state index contributed by atoms with van der Waals surface area (Å²) >= 11 is 12.3. The van der Waals surface area contributed by atoms with E-state index in [1.54, 1.807) is 18.2 Å². The van der Waals surface area contributed by atoms with Gasteiger partial charge >= 0.3 is 0 Å². The quantitative estimate of drug-likeness (QED) is 0.813. The molecule has 0 aliphatic carbocycles. The van der Waals surface area contributed by atoms with E-state index >= 15 is 0 Å². The van der Waals surface area contributed by atoms with E-state index in [4.69, 9.17) is 23.2 Å². The predicted molar refractivity (Wildman–Crippen MR) is 94.5 cm³/mol. The molecule has 24 heavy (non-hydrogen) atoms. The summed E-state index contributed by atoms with van der Waals surface area (Å²) in [5, 5.41) is 1.02. The maximum atomic E-state index is 12.5. The lowest BCUT2D eigenvalue weighted by Gasteiger charge is -2.35. The lowest BCUT2D eigenvalue weighted by molar-refractivity contribution is -0.925. The van der Waals surface area contributed by atoms with Gasteiger partial charge < -0.3 is 9.80 Å². The number of carbonyl (C=O) groups is 1. The molecule has 1 aromatic rings. The van der Waals surface area contributed by atoms with Gasteiger partial charge in [0.1, 0.15) is 11.8 Å². The Bertz CT molecular complexity index is 711. The molecule has 1 N–H and O–H groups in total. The van der Waals surface area contributed by atoms with Crippen molar-refractivity contribution in [1.82, 2.24) is 4.90 Å². The molecule has 3 rings (SSSR count). The van der Waals surface area contributed by atoms with Crippen LogP contribution >= 0.6 is 23.2 Å². The van der Waals surface area contributed by atoms with E-state index in [0.717, 1.165) is 19.5 Å². The number of halogens is 2. The molecule has 1 amide bonds. The Morgan fingerprint density at radius 3 is 2.38 bits per heavy atom. The van der Waals surface area contributed by atoms with Crippen LogP contribution in [0.1, 0.15) is 12.0 Å². The van der Waals surface area contributed by atoms with Crippen LogP contribution in [-0.4, -0.2) is 63.0 Å². The Labute approximate surface area is 152 Å². The fraction of sp³-hybridized carbons (Fsp3) is 0.562. The van der Waals surface area contributed by atoms with Crippen molar-refractivity contribution in [3.63, 3.8) is 0 Å². The zero-order chi connectivity index (χ0) is 17.3. The van der Waals surface area contributed by atoms with Crippen LogP contribution in [0.15, 0.2) is 18.2 Å². The van der Waals surface area contributed by atoms with Crippen molar-refractivity contribution >= 4 is 38.9 Å². The number of sulfone groups is 1. The second-order valence-corrected chi connectivity index (χ2v) is 9.56. The molecule has 2 saturated heterocycles. The van der Waals surface area contributed by atoms with Crippen LogP contribution in [0.4, 0.5) is 0 Å². The minimum absolute atomic E-state index is 0.0168. The SMILES string of the molecule is O=C(Cc1c(Cl)cccc1Cl)N1CC[NH+]([C@H]2CCS(=O)(=O)C2)CC1. The molecule has 2 fully saturated rings. The van der Waals surface area contributed by atoms with Crippen molar-refractivity contribution in [3.05, 3.63) is 33.8 Å². The average Bonchev–Trinajstić information content (AvgIpc) is 2.91. The molecule has 1 atom stereocenters. The van der Waals surface area contributed by atoms with Crippen LogP contribution in [0.5, 0.6) is 0 Å².